The molecule has 6 nitrogen and oxygen atoms in total. The lowest BCUT2D eigenvalue weighted by atomic mass is 10.1. The van der Waals surface area contributed by atoms with Crippen molar-refractivity contribution in [3.8, 4) is 0 Å². The van der Waals surface area contributed by atoms with E-state index in [0.29, 0.717) is 11.1 Å². The molecular weight excluding hydrogens is 398 g/mol. The monoisotopic (exact) mass is 425 g/mol. The van der Waals surface area contributed by atoms with E-state index < -0.39 is 10.0 Å². The lowest BCUT2D eigenvalue weighted by Gasteiger charge is -2.26. The average Bonchev–Trinajstić information content (AvgIpc) is 2.74. The van der Waals surface area contributed by atoms with E-state index in [1.54, 1.807) is 12.1 Å². The molecule has 0 unspecified atom stereocenters. The van der Waals surface area contributed by atoms with E-state index >= 15 is 0 Å². The number of anilines is 2. The van der Waals surface area contributed by atoms with Crippen molar-refractivity contribution in [2.75, 3.05) is 50.0 Å². The first-order valence-electron chi connectivity index (χ1n) is 10.0. The zero-order valence-electron chi connectivity index (χ0n) is 17.3. The molecule has 0 spiro atoms. The maximum atomic E-state index is 13.2. The molecule has 0 atom stereocenters. The van der Waals surface area contributed by atoms with Gasteiger partial charge in [-0.1, -0.05) is 36.4 Å². The molecule has 7 heteroatoms. The second kappa shape index (κ2) is 8.63. The van der Waals surface area contributed by atoms with Gasteiger partial charge in [0.1, 0.15) is 0 Å². The highest BCUT2D eigenvalue weighted by atomic mass is 32.2. The summed E-state index contributed by atoms with van der Waals surface area (Å²) in [5.41, 5.74) is 2.69. The van der Waals surface area contributed by atoms with Crippen LogP contribution in [0.25, 0.3) is 10.8 Å². The van der Waals surface area contributed by atoms with Crippen LogP contribution in [0.4, 0.5) is 11.4 Å². The molecule has 1 saturated heterocycles. The fourth-order valence-corrected chi connectivity index (χ4v) is 5.08. The Hall–Kier alpha value is -2.61. The van der Waals surface area contributed by atoms with Gasteiger partial charge in [0.05, 0.1) is 18.1 Å². The Morgan fingerprint density at radius 2 is 1.60 bits per heavy atom. The highest BCUT2D eigenvalue weighted by Gasteiger charge is 2.19. The van der Waals surface area contributed by atoms with Gasteiger partial charge >= 0.3 is 0 Å². The molecule has 1 aliphatic rings. The van der Waals surface area contributed by atoms with E-state index in [4.69, 9.17) is 4.74 Å². The zero-order valence-corrected chi connectivity index (χ0v) is 18.2. The number of sulfonamides is 1. The highest BCUT2D eigenvalue weighted by molar-refractivity contribution is 7.93. The number of ether oxygens (including phenoxy) is 1. The van der Waals surface area contributed by atoms with Crippen molar-refractivity contribution >= 4 is 32.2 Å². The minimum atomic E-state index is -3.72. The van der Waals surface area contributed by atoms with Crippen molar-refractivity contribution in [3.05, 3.63) is 66.2 Å². The molecule has 0 bridgehead atoms. The molecule has 0 amide bonds. The molecule has 1 heterocycles. The number of nitrogens with zero attached hydrogens (tertiary/aromatic N) is 2. The van der Waals surface area contributed by atoms with Gasteiger partial charge in [0.2, 0.25) is 0 Å². The number of benzene rings is 3. The van der Waals surface area contributed by atoms with Gasteiger partial charge in [-0.25, -0.2) is 8.42 Å². The predicted octanol–water partition coefficient (Wildman–Crippen LogP) is 3.54. The maximum Gasteiger partial charge on any atom is 0.262 e. The number of hydrogen-bond acceptors (Lipinski definition) is 5. The summed E-state index contributed by atoms with van der Waals surface area (Å²) < 4.78 is 34.4. The topological polar surface area (TPSA) is 61.9 Å². The van der Waals surface area contributed by atoms with Gasteiger partial charge in [-0.15, -0.1) is 0 Å². The summed E-state index contributed by atoms with van der Waals surface area (Å²) in [7, 11) is 0.184. The van der Waals surface area contributed by atoms with E-state index in [0.717, 1.165) is 49.5 Å². The molecule has 0 radical (unpaired) electrons. The number of rotatable bonds is 6. The molecule has 4 rings (SSSR count). The SMILES string of the molecule is CN(C)c1cccc2c(S(=O)(=O)Nc3ccc(CN4CCOCC4)cc3)cccc12. The smallest absolute Gasteiger partial charge is 0.262 e. The van der Waals surface area contributed by atoms with Crippen molar-refractivity contribution in [3.63, 3.8) is 0 Å². The van der Waals surface area contributed by atoms with Crippen LogP contribution in [0, 0.1) is 0 Å². The van der Waals surface area contributed by atoms with Gasteiger partial charge in [0.25, 0.3) is 10.0 Å². The van der Waals surface area contributed by atoms with Crippen molar-refractivity contribution in [2.45, 2.75) is 11.4 Å². The first-order chi connectivity index (χ1) is 14.4. The van der Waals surface area contributed by atoms with Gasteiger partial charge in [-0.2, -0.15) is 0 Å². The molecule has 1 aliphatic heterocycles. The first kappa shape index (κ1) is 20.7. The van der Waals surface area contributed by atoms with Crippen LogP contribution in [0.2, 0.25) is 0 Å². The van der Waals surface area contributed by atoms with Crippen LogP contribution in [0.3, 0.4) is 0 Å². The molecule has 3 aromatic rings. The predicted molar refractivity (Wildman–Crippen MR) is 122 cm³/mol. The zero-order chi connectivity index (χ0) is 21.1. The Morgan fingerprint density at radius 1 is 0.933 bits per heavy atom. The van der Waals surface area contributed by atoms with Crippen LogP contribution in [0.1, 0.15) is 5.56 Å². The Balaban J connectivity index is 1.56. The molecule has 1 N–H and O–H groups in total. The summed E-state index contributed by atoms with van der Waals surface area (Å²) in [4.78, 5) is 4.60. The number of nitrogens with one attached hydrogen (secondary N) is 1. The average molecular weight is 426 g/mol. The molecule has 1 fully saturated rings. The van der Waals surface area contributed by atoms with Gasteiger partial charge < -0.3 is 9.64 Å². The molecule has 158 valence electrons. The second-order valence-corrected chi connectivity index (χ2v) is 9.36. The van der Waals surface area contributed by atoms with Crippen molar-refractivity contribution in [1.29, 1.82) is 0 Å². The van der Waals surface area contributed by atoms with E-state index in [1.807, 2.05) is 67.5 Å². The largest absolute Gasteiger partial charge is 0.379 e. The van der Waals surface area contributed by atoms with Gasteiger partial charge in [-0.3, -0.25) is 9.62 Å². The maximum absolute atomic E-state index is 13.2. The molecule has 0 saturated carbocycles. The van der Waals surface area contributed by atoms with Crippen molar-refractivity contribution < 1.29 is 13.2 Å². The lowest BCUT2D eigenvalue weighted by molar-refractivity contribution is 0.0342. The summed E-state index contributed by atoms with van der Waals surface area (Å²) in [6, 6.07) is 18.7. The molecule has 0 aliphatic carbocycles. The Morgan fingerprint density at radius 3 is 2.30 bits per heavy atom. The summed E-state index contributed by atoms with van der Waals surface area (Å²) in [6.45, 7) is 4.21. The minimum absolute atomic E-state index is 0.279. The number of fused-ring (bicyclic) bond motifs is 1. The van der Waals surface area contributed by atoms with Crippen LogP contribution >= 0.6 is 0 Å². The fourth-order valence-electron chi connectivity index (χ4n) is 3.79. The van der Waals surface area contributed by atoms with Gasteiger partial charge in [-0.05, 0) is 29.8 Å². The van der Waals surface area contributed by atoms with Gasteiger partial charge in [0.15, 0.2) is 0 Å². The van der Waals surface area contributed by atoms with Crippen LogP contribution in [-0.2, 0) is 21.3 Å². The molecular formula is C23H27N3O3S. The van der Waals surface area contributed by atoms with Crippen LogP contribution in [-0.4, -0.2) is 53.7 Å². The summed E-state index contributed by atoms with van der Waals surface area (Å²) in [5, 5.41) is 1.62. The van der Waals surface area contributed by atoms with Crippen molar-refractivity contribution in [2.24, 2.45) is 0 Å². The number of hydrogen-bond donors (Lipinski definition) is 1. The molecule has 0 aromatic heterocycles. The normalized spacial score (nSPS) is 15.3. The number of morpholine rings is 1. The Labute approximate surface area is 178 Å². The minimum Gasteiger partial charge on any atom is -0.379 e. The van der Waals surface area contributed by atoms with E-state index in [1.165, 1.54) is 0 Å². The molecule has 30 heavy (non-hydrogen) atoms. The van der Waals surface area contributed by atoms with E-state index in [-0.39, 0.29) is 4.90 Å². The molecule has 3 aromatic carbocycles. The van der Waals surface area contributed by atoms with Gasteiger partial charge in [0, 0.05) is 55.9 Å². The van der Waals surface area contributed by atoms with Crippen LogP contribution in [0.5, 0.6) is 0 Å². The third-order valence-electron chi connectivity index (χ3n) is 5.35. The van der Waals surface area contributed by atoms with E-state index in [2.05, 4.69) is 9.62 Å². The summed E-state index contributed by atoms with van der Waals surface area (Å²) in [6.07, 6.45) is 0. The quantitative estimate of drug-likeness (QED) is 0.655. The fraction of sp³-hybridized carbons (Fsp3) is 0.304. The van der Waals surface area contributed by atoms with Crippen molar-refractivity contribution in [1.82, 2.24) is 4.90 Å². The van der Waals surface area contributed by atoms with E-state index in [9.17, 15) is 8.42 Å². The third kappa shape index (κ3) is 4.43. The Bertz CT molecular complexity index is 1120. The van der Waals surface area contributed by atoms with Crippen LogP contribution < -0.4 is 9.62 Å². The summed E-state index contributed by atoms with van der Waals surface area (Å²) >= 11 is 0. The Kier molecular flexibility index (Phi) is 5.94. The lowest BCUT2D eigenvalue weighted by Crippen LogP contribution is -2.35. The standard InChI is InChI=1S/C23H27N3O3S/c1-25(2)22-7-3-6-21-20(22)5-4-8-23(21)30(27,28)24-19-11-9-18(10-12-19)17-26-13-15-29-16-14-26/h3-12,24H,13-17H2,1-2H3. The highest BCUT2D eigenvalue weighted by Crippen LogP contribution is 2.31. The summed E-state index contributed by atoms with van der Waals surface area (Å²) in [5.74, 6) is 0. The van der Waals surface area contributed by atoms with Crippen LogP contribution in [0.15, 0.2) is 65.6 Å². The second-order valence-electron chi connectivity index (χ2n) is 7.71. The third-order valence-corrected chi connectivity index (χ3v) is 6.79. The first-order valence-corrected chi connectivity index (χ1v) is 11.5.